The van der Waals surface area contributed by atoms with Gasteiger partial charge in [-0.3, -0.25) is 4.79 Å². The van der Waals surface area contributed by atoms with Crippen LogP contribution >= 0.6 is 23.2 Å². The molecule has 0 spiro atoms. The van der Waals surface area contributed by atoms with Crippen LogP contribution in [0.4, 0.5) is 0 Å². The second-order valence-electron chi connectivity index (χ2n) is 2.06. The summed E-state index contributed by atoms with van der Waals surface area (Å²) in [6, 6.07) is -1.01. The van der Waals surface area contributed by atoms with E-state index in [0.29, 0.717) is 0 Å². The number of methoxy groups -OCH3 is 1. The SMILES string of the molecule is COC(=O)C(N)COC(=O)C(Cl)Cl. The molecule has 0 saturated carbocycles. The Morgan fingerprint density at radius 2 is 1.92 bits per heavy atom. The van der Waals surface area contributed by atoms with Gasteiger partial charge in [0.2, 0.25) is 4.84 Å². The molecule has 0 aromatic heterocycles. The molecular weight excluding hydrogens is 221 g/mol. The molecular formula is C6H9Cl2NO4. The third-order valence-corrected chi connectivity index (χ3v) is 1.44. The van der Waals surface area contributed by atoms with Gasteiger partial charge in [-0.1, -0.05) is 23.2 Å². The first kappa shape index (κ1) is 12.5. The van der Waals surface area contributed by atoms with Gasteiger partial charge in [0.15, 0.2) is 0 Å². The fourth-order valence-corrected chi connectivity index (χ4v) is 0.580. The first-order chi connectivity index (χ1) is 5.99. The van der Waals surface area contributed by atoms with Crippen molar-refractivity contribution >= 4 is 35.1 Å². The lowest BCUT2D eigenvalue weighted by Gasteiger charge is -2.09. The molecule has 0 bridgehead atoms. The van der Waals surface area contributed by atoms with Crippen molar-refractivity contribution in [3.8, 4) is 0 Å². The van der Waals surface area contributed by atoms with E-state index >= 15 is 0 Å². The lowest BCUT2D eigenvalue weighted by atomic mass is 10.3. The molecule has 0 heterocycles. The molecule has 0 aliphatic carbocycles. The monoisotopic (exact) mass is 229 g/mol. The van der Waals surface area contributed by atoms with Gasteiger partial charge < -0.3 is 15.2 Å². The summed E-state index contributed by atoms with van der Waals surface area (Å²) < 4.78 is 8.74. The maximum Gasteiger partial charge on any atom is 0.339 e. The van der Waals surface area contributed by atoms with Gasteiger partial charge in [-0.15, -0.1) is 0 Å². The summed E-state index contributed by atoms with van der Waals surface area (Å²) >= 11 is 10.3. The minimum atomic E-state index is -1.27. The van der Waals surface area contributed by atoms with Crippen LogP contribution in [-0.4, -0.2) is 36.5 Å². The molecule has 0 fully saturated rings. The van der Waals surface area contributed by atoms with Gasteiger partial charge in [-0.05, 0) is 0 Å². The quantitative estimate of drug-likeness (QED) is 0.536. The predicted octanol–water partition coefficient (Wildman–Crippen LogP) is -0.166. The third kappa shape index (κ3) is 4.92. The van der Waals surface area contributed by atoms with Crippen molar-refractivity contribution < 1.29 is 19.1 Å². The van der Waals surface area contributed by atoms with Gasteiger partial charge in [0.1, 0.15) is 12.6 Å². The Morgan fingerprint density at radius 1 is 1.38 bits per heavy atom. The second-order valence-corrected chi connectivity index (χ2v) is 3.16. The molecule has 1 unspecified atom stereocenters. The molecule has 0 rings (SSSR count). The molecule has 0 aliphatic heterocycles. The maximum atomic E-state index is 10.7. The van der Waals surface area contributed by atoms with Gasteiger partial charge in [-0.25, -0.2) is 4.79 Å². The average molecular weight is 230 g/mol. The van der Waals surface area contributed by atoms with Gasteiger partial charge in [0.05, 0.1) is 7.11 Å². The number of nitrogens with two attached hydrogens (primary N) is 1. The van der Waals surface area contributed by atoms with Crippen LogP contribution in [-0.2, 0) is 19.1 Å². The number of carbonyl (C=O) groups is 2. The lowest BCUT2D eigenvalue weighted by molar-refractivity contribution is -0.148. The highest BCUT2D eigenvalue weighted by atomic mass is 35.5. The lowest BCUT2D eigenvalue weighted by Crippen LogP contribution is -2.37. The molecule has 0 aliphatic rings. The Hall–Kier alpha value is -0.520. The Balaban J connectivity index is 3.76. The first-order valence-corrected chi connectivity index (χ1v) is 4.14. The van der Waals surface area contributed by atoms with Crippen molar-refractivity contribution in [3.63, 3.8) is 0 Å². The molecule has 7 heteroatoms. The number of hydrogen-bond donors (Lipinski definition) is 1. The van der Waals surface area contributed by atoms with Crippen molar-refractivity contribution in [2.24, 2.45) is 5.73 Å². The van der Waals surface area contributed by atoms with Crippen molar-refractivity contribution in [2.75, 3.05) is 13.7 Å². The summed E-state index contributed by atoms with van der Waals surface area (Å²) in [6.07, 6.45) is 0. The minimum Gasteiger partial charge on any atom is -0.468 e. The fraction of sp³-hybridized carbons (Fsp3) is 0.667. The molecule has 76 valence electrons. The zero-order valence-corrected chi connectivity index (χ0v) is 8.34. The van der Waals surface area contributed by atoms with E-state index in [9.17, 15) is 9.59 Å². The second kappa shape index (κ2) is 6.01. The van der Waals surface area contributed by atoms with E-state index in [1.54, 1.807) is 0 Å². The van der Waals surface area contributed by atoms with E-state index < -0.39 is 22.8 Å². The third-order valence-electron chi connectivity index (χ3n) is 1.09. The van der Waals surface area contributed by atoms with Gasteiger partial charge in [0, 0.05) is 0 Å². The van der Waals surface area contributed by atoms with E-state index in [4.69, 9.17) is 28.9 Å². The van der Waals surface area contributed by atoms with Crippen molar-refractivity contribution in [1.82, 2.24) is 0 Å². The molecule has 5 nitrogen and oxygen atoms in total. The number of halogens is 2. The molecule has 2 N–H and O–H groups in total. The molecule has 0 amide bonds. The van der Waals surface area contributed by atoms with Crippen LogP contribution in [0.3, 0.4) is 0 Å². The Bertz CT molecular complexity index is 197. The number of ether oxygens (including phenoxy) is 2. The summed E-state index contributed by atoms with van der Waals surface area (Å²) in [7, 11) is 1.18. The highest BCUT2D eigenvalue weighted by Gasteiger charge is 2.19. The molecule has 0 saturated heterocycles. The molecule has 13 heavy (non-hydrogen) atoms. The van der Waals surface area contributed by atoms with E-state index in [2.05, 4.69) is 9.47 Å². The van der Waals surface area contributed by atoms with E-state index in [-0.39, 0.29) is 6.61 Å². The fourth-order valence-electron chi connectivity index (χ4n) is 0.454. The Morgan fingerprint density at radius 3 is 2.31 bits per heavy atom. The van der Waals surface area contributed by atoms with Gasteiger partial charge >= 0.3 is 11.9 Å². The van der Waals surface area contributed by atoms with E-state index in [1.165, 1.54) is 7.11 Å². The molecule has 0 aromatic carbocycles. The number of esters is 2. The van der Waals surface area contributed by atoms with Crippen LogP contribution in [0.2, 0.25) is 0 Å². The smallest absolute Gasteiger partial charge is 0.339 e. The largest absolute Gasteiger partial charge is 0.468 e. The Kier molecular flexibility index (Phi) is 5.77. The highest BCUT2D eigenvalue weighted by molar-refractivity contribution is 6.52. The van der Waals surface area contributed by atoms with Gasteiger partial charge in [-0.2, -0.15) is 0 Å². The number of hydrogen-bond acceptors (Lipinski definition) is 5. The van der Waals surface area contributed by atoms with Crippen molar-refractivity contribution in [2.45, 2.75) is 10.9 Å². The summed E-state index contributed by atoms with van der Waals surface area (Å²) in [5.74, 6) is -1.52. The summed E-state index contributed by atoms with van der Waals surface area (Å²) in [5.41, 5.74) is 5.24. The molecule has 0 radical (unpaired) electrons. The van der Waals surface area contributed by atoms with Crippen LogP contribution in [0.15, 0.2) is 0 Å². The number of rotatable bonds is 4. The van der Waals surface area contributed by atoms with E-state index in [0.717, 1.165) is 0 Å². The van der Waals surface area contributed by atoms with Gasteiger partial charge in [0.25, 0.3) is 0 Å². The Labute approximate surface area is 85.1 Å². The van der Waals surface area contributed by atoms with Crippen molar-refractivity contribution in [3.05, 3.63) is 0 Å². The van der Waals surface area contributed by atoms with Crippen LogP contribution in [0, 0.1) is 0 Å². The minimum absolute atomic E-state index is 0.304. The number of alkyl halides is 2. The normalized spacial score (nSPS) is 12.4. The molecule has 1 atom stereocenters. The maximum absolute atomic E-state index is 10.7. The summed E-state index contributed by atoms with van der Waals surface area (Å²) in [5, 5.41) is 0. The summed E-state index contributed by atoms with van der Waals surface area (Å²) in [6.45, 7) is -0.304. The van der Waals surface area contributed by atoms with Crippen LogP contribution in [0.5, 0.6) is 0 Å². The number of carbonyl (C=O) groups excluding carboxylic acids is 2. The molecule has 0 aromatic rings. The van der Waals surface area contributed by atoms with E-state index in [1.807, 2.05) is 0 Å². The zero-order chi connectivity index (χ0) is 10.4. The first-order valence-electron chi connectivity index (χ1n) is 3.27. The van der Waals surface area contributed by atoms with Crippen LogP contribution in [0.1, 0.15) is 0 Å². The summed E-state index contributed by atoms with van der Waals surface area (Å²) in [4.78, 5) is 20.1. The standard InChI is InChI=1S/C6H9Cl2NO4/c1-12-5(10)3(9)2-13-6(11)4(7)8/h3-4H,2,9H2,1H3. The predicted molar refractivity (Wildman–Crippen MR) is 46.4 cm³/mol. The average Bonchev–Trinajstić information content (AvgIpc) is 2.11. The van der Waals surface area contributed by atoms with Crippen molar-refractivity contribution in [1.29, 1.82) is 0 Å². The zero-order valence-electron chi connectivity index (χ0n) is 6.83. The van der Waals surface area contributed by atoms with Crippen LogP contribution in [0.25, 0.3) is 0 Å². The highest BCUT2D eigenvalue weighted by Crippen LogP contribution is 2.03. The topological polar surface area (TPSA) is 78.6 Å². The van der Waals surface area contributed by atoms with Crippen LogP contribution < -0.4 is 5.73 Å².